The summed E-state index contributed by atoms with van der Waals surface area (Å²) in [5.41, 5.74) is 0.530. The van der Waals surface area contributed by atoms with Gasteiger partial charge in [-0.15, -0.1) is 0 Å². The van der Waals surface area contributed by atoms with Gasteiger partial charge in [0.05, 0.1) is 0 Å². The zero-order valence-electron chi connectivity index (χ0n) is 11.4. The molecule has 1 heterocycles. The molecule has 116 valence electrons. The molecule has 3 N–H and O–H groups in total. The second-order valence-electron chi connectivity index (χ2n) is 4.97. The van der Waals surface area contributed by atoms with Gasteiger partial charge >= 0.3 is 0 Å². The number of rotatable bonds is 5. The van der Waals surface area contributed by atoms with Crippen LogP contribution in [0, 0.1) is 0 Å². The van der Waals surface area contributed by atoms with E-state index in [2.05, 4.69) is 5.32 Å². The van der Waals surface area contributed by atoms with E-state index in [1.54, 1.807) is 24.3 Å². The lowest BCUT2D eigenvalue weighted by molar-refractivity contribution is -0.697. The zero-order valence-corrected chi connectivity index (χ0v) is 13.7. The quantitative estimate of drug-likeness (QED) is 0.628. The molecular formula is C14H18Cl3N2O2+. The number of quaternary nitrogens is 1. The van der Waals surface area contributed by atoms with E-state index in [1.165, 1.54) is 0 Å². The van der Waals surface area contributed by atoms with Crippen molar-refractivity contribution in [2.24, 2.45) is 0 Å². The van der Waals surface area contributed by atoms with Crippen molar-refractivity contribution in [1.82, 2.24) is 5.32 Å². The number of nitrogens with two attached hydrogens (primary N) is 1. The first-order valence-corrected chi connectivity index (χ1v) is 7.98. The van der Waals surface area contributed by atoms with Crippen molar-refractivity contribution >= 4 is 40.7 Å². The minimum absolute atomic E-state index is 0.147. The molecule has 1 aromatic carbocycles. The first-order chi connectivity index (χ1) is 9.97. The van der Waals surface area contributed by atoms with Gasteiger partial charge in [0.2, 0.25) is 6.17 Å². The third-order valence-electron chi connectivity index (χ3n) is 3.33. The van der Waals surface area contributed by atoms with Crippen LogP contribution in [-0.2, 0) is 4.74 Å². The van der Waals surface area contributed by atoms with Crippen molar-refractivity contribution in [2.75, 3.05) is 13.2 Å². The van der Waals surface area contributed by atoms with Crippen LogP contribution in [0.2, 0.25) is 0 Å². The highest BCUT2D eigenvalue weighted by molar-refractivity contribution is 6.68. The average molecular weight is 353 g/mol. The highest BCUT2D eigenvalue weighted by atomic mass is 35.6. The van der Waals surface area contributed by atoms with Crippen LogP contribution in [0.3, 0.4) is 0 Å². The molecule has 21 heavy (non-hydrogen) atoms. The molecule has 0 aliphatic carbocycles. The summed E-state index contributed by atoms with van der Waals surface area (Å²) < 4.78 is 3.94. The molecule has 0 saturated carbocycles. The van der Waals surface area contributed by atoms with Gasteiger partial charge in [-0.05, 0) is 25.0 Å². The fraction of sp³-hybridized carbons (Fsp3) is 0.500. The van der Waals surface area contributed by atoms with Crippen LogP contribution in [0.1, 0.15) is 23.2 Å². The van der Waals surface area contributed by atoms with Gasteiger partial charge in [-0.1, -0.05) is 53.0 Å². The van der Waals surface area contributed by atoms with Crippen molar-refractivity contribution < 1.29 is 14.8 Å². The summed E-state index contributed by atoms with van der Waals surface area (Å²) in [5.74, 6) is -0.268. The van der Waals surface area contributed by atoms with E-state index in [1.807, 2.05) is 11.4 Å². The Balaban J connectivity index is 1.94. The number of amides is 1. The standard InChI is InChI=1S/C14H17Cl3N2O2/c15-14(16,17)13(18-9-11-7-4-8-21-11)19-12(20)10-5-2-1-3-6-10/h1-3,5-6,11,13,18H,4,7-9H2,(H,19,20)/p+1/t11-,13-/m0/s1. The highest BCUT2D eigenvalue weighted by Gasteiger charge is 2.38. The number of carbonyl (C=O) groups excluding carboxylic acids is 1. The van der Waals surface area contributed by atoms with E-state index >= 15 is 0 Å². The van der Waals surface area contributed by atoms with E-state index in [9.17, 15) is 4.79 Å². The maximum atomic E-state index is 12.2. The highest BCUT2D eigenvalue weighted by Crippen LogP contribution is 2.27. The molecule has 0 bridgehead atoms. The molecule has 0 spiro atoms. The van der Waals surface area contributed by atoms with Crippen LogP contribution in [-0.4, -0.2) is 35.1 Å². The van der Waals surface area contributed by atoms with Crippen molar-refractivity contribution in [3.8, 4) is 0 Å². The van der Waals surface area contributed by atoms with Gasteiger partial charge in [-0.3, -0.25) is 10.1 Å². The third kappa shape index (κ3) is 5.31. The fourth-order valence-corrected chi connectivity index (χ4v) is 2.64. The first-order valence-electron chi connectivity index (χ1n) is 6.84. The number of ether oxygens (including phenoxy) is 1. The van der Waals surface area contributed by atoms with Crippen LogP contribution < -0.4 is 10.6 Å². The molecule has 0 aromatic heterocycles. The van der Waals surface area contributed by atoms with Gasteiger partial charge in [0, 0.05) is 12.2 Å². The van der Waals surface area contributed by atoms with Crippen LogP contribution >= 0.6 is 34.8 Å². The van der Waals surface area contributed by atoms with Crippen LogP contribution in [0.15, 0.2) is 30.3 Å². The Morgan fingerprint density at radius 2 is 2.10 bits per heavy atom. The Bertz CT molecular complexity index is 459. The lowest BCUT2D eigenvalue weighted by Gasteiger charge is -2.24. The van der Waals surface area contributed by atoms with E-state index < -0.39 is 9.96 Å². The van der Waals surface area contributed by atoms with E-state index in [-0.39, 0.29) is 12.0 Å². The summed E-state index contributed by atoms with van der Waals surface area (Å²) in [6.07, 6.45) is 1.52. The number of alkyl halides is 3. The van der Waals surface area contributed by atoms with Gasteiger partial charge in [0.25, 0.3) is 9.70 Å². The monoisotopic (exact) mass is 351 g/mol. The van der Waals surface area contributed by atoms with E-state index in [0.717, 1.165) is 19.4 Å². The Hall–Kier alpha value is -0.520. The van der Waals surface area contributed by atoms with Crippen LogP contribution in [0.25, 0.3) is 0 Å². The molecule has 7 heteroatoms. The zero-order chi connectivity index (χ0) is 15.3. The first kappa shape index (κ1) is 16.8. The van der Waals surface area contributed by atoms with Gasteiger partial charge in [0.15, 0.2) is 0 Å². The molecule has 1 aliphatic rings. The van der Waals surface area contributed by atoms with Gasteiger partial charge in [0.1, 0.15) is 12.6 Å². The summed E-state index contributed by atoms with van der Waals surface area (Å²) >= 11 is 17.9. The molecule has 1 saturated heterocycles. The van der Waals surface area contributed by atoms with E-state index in [0.29, 0.717) is 12.1 Å². The number of carbonyl (C=O) groups is 1. The minimum atomic E-state index is -1.59. The van der Waals surface area contributed by atoms with E-state index in [4.69, 9.17) is 39.5 Å². The van der Waals surface area contributed by atoms with Crippen molar-refractivity contribution in [3.63, 3.8) is 0 Å². The SMILES string of the molecule is O=C(N[C@H]([NH2+]C[C@@H]1CCCO1)C(Cl)(Cl)Cl)c1ccccc1. The molecule has 1 amide bonds. The predicted molar refractivity (Wildman–Crippen MR) is 83.8 cm³/mol. The van der Waals surface area contributed by atoms with Gasteiger partial charge in [-0.2, -0.15) is 0 Å². The molecule has 1 fully saturated rings. The predicted octanol–water partition coefficient (Wildman–Crippen LogP) is 1.86. The Labute approximate surface area is 139 Å². The smallest absolute Gasteiger partial charge is 0.262 e. The summed E-state index contributed by atoms with van der Waals surface area (Å²) in [7, 11) is 0. The summed E-state index contributed by atoms with van der Waals surface area (Å²) in [4.78, 5) is 12.2. The maximum Gasteiger partial charge on any atom is 0.262 e. The van der Waals surface area contributed by atoms with Crippen LogP contribution in [0.5, 0.6) is 0 Å². The average Bonchev–Trinajstić information content (AvgIpc) is 2.96. The number of nitrogens with one attached hydrogen (secondary N) is 1. The summed E-state index contributed by atoms with van der Waals surface area (Å²) in [5, 5.41) is 4.56. The molecule has 2 rings (SSSR count). The number of hydrogen-bond acceptors (Lipinski definition) is 2. The topological polar surface area (TPSA) is 54.9 Å². The normalized spacial score (nSPS) is 20.2. The maximum absolute atomic E-state index is 12.2. The van der Waals surface area contributed by atoms with Gasteiger partial charge < -0.3 is 10.1 Å². The molecule has 0 radical (unpaired) electrons. The Kier molecular flexibility index (Phi) is 6.14. The molecule has 0 unspecified atom stereocenters. The second kappa shape index (κ2) is 7.65. The Morgan fingerprint density at radius 3 is 2.67 bits per heavy atom. The number of benzene rings is 1. The molecular weight excluding hydrogens is 335 g/mol. The fourth-order valence-electron chi connectivity index (χ4n) is 2.21. The van der Waals surface area contributed by atoms with Crippen molar-refractivity contribution in [3.05, 3.63) is 35.9 Å². The Morgan fingerprint density at radius 1 is 1.38 bits per heavy atom. The van der Waals surface area contributed by atoms with Crippen LogP contribution in [0.4, 0.5) is 0 Å². The molecule has 4 nitrogen and oxygen atoms in total. The van der Waals surface area contributed by atoms with Gasteiger partial charge in [-0.25, -0.2) is 0 Å². The number of halogens is 3. The summed E-state index contributed by atoms with van der Waals surface area (Å²) in [6.45, 7) is 1.42. The largest absolute Gasteiger partial charge is 0.372 e. The molecule has 2 atom stereocenters. The summed E-state index contributed by atoms with van der Waals surface area (Å²) in [6, 6.07) is 8.84. The van der Waals surface area contributed by atoms with Crippen molar-refractivity contribution in [2.45, 2.75) is 28.9 Å². The number of hydrogen-bond donors (Lipinski definition) is 2. The lowest BCUT2D eigenvalue weighted by atomic mass is 10.2. The third-order valence-corrected chi connectivity index (χ3v) is 4.04. The lowest BCUT2D eigenvalue weighted by Crippen LogP contribution is -2.97. The minimum Gasteiger partial charge on any atom is -0.372 e. The van der Waals surface area contributed by atoms with Crippen molar-refractivity contribution in [1.29, 1.82) is 0 Å². The second-order valence-corrected chi connectivity index (χ2v) is 7.33. The molecule has 1 aliphatic heterocycles. The molecule has 1 aromatic rings.